The van der Waals surface area contributed by atoms with Crippen molar-refractivity contribution in [2.45, 2.75) is 32.6 Å². The lowest BCUT2D eigenvalue weighted by molar-refractivity contribution is -0.131. The van der Waals surface area contributed by atoms with Crippen molar-refractivity contribution >= 4 is 58.2 Å². The zero-order valence-electron chi connectivity index (χ0n) is 26.4. The van der Waals surface area contributed by atoms with Crippen LogP contribution in [0.1, 0.15) is 36.8 Å². The molecule has 1 N–H and O–H groups in total. The number of phenols is 1. The molecule has 7 rings (SSSR count). The second-order valence-corrected chi connectivity index (χ2v) is 13.8. The van der Waals surface area contributed by atoms with Gasteiger partial charge in [0.1, 0.15) is 23.1 Å². The molecule has 3 fully saturated rings. The van der Waals surface area contributed by atoms with Crippen molar-refractivity contribution in [3.8, 4) is 17.2 Å². The van der Waals surface area contributed by atoms with E-state index in [1.165, 1.54) is 37.3 Å². The molecule has 9 nitrogen and oxygen atoms in total. The third-order valence-corrected chi connectivity index (χ3v) is 11.4. The summed E-state index contributed by atoms with van der Waals surface area (Å²) in [6.45, 7) is 3.49. The highest BCUT2D eigenvalue weighted by Crippen LogP contribution is 2.65. The van der Waals surface area contributed by atoms with E-state index < -0.39 is 58.5 Å². The summed E-state index contributed by atoms with van der Waals surface area (Å²) in [5, 5.41) is 11.7. The van der Waals surface area contributed by atoms with Crippen molar-refractivity contribution in [2.75, 3.05) is 24.0 Å². The fourth-order valence-corrected chi connectivity index (χ4v) is 8.68. The lowest BCUT2D eigenvalue weighted by Gasteiger charge is -2.49. The van der Waals surface area contributed by atoms with Crippen LogP contribution in [-0.4, -0.2) is 43.0 Å². The zero-order chi connectivity index (χ0) is 34.4. The number of carbonyl (C=O) groups is 4. The minimum Gasteiger partial charge on any atom is -0.507 e. The SMILES string of the molecule is COc1cc(O)c(C2C3=CCC4C(=O)N(c5ccc(C)c(Cl)c5)C(=O)C4C3CC3C(=O)N(c4ccc(F)c(Cl)c4)C(=O)C32C)c(OC)c1. The van der Waals surface area contributed by atoms with Gasteiger partial charge in [0.05, 0.1) is 53.8 Å². The molecule has 0 aromatic heterocycles. The molecule has 6 atom stereocenters. The Hall–Kier alpha value is -4.41. The largest absolute Gasteiger partial charge is 0.507 e. The van der Waals surface area contributed by atoms with Gasteiger partial charge in [-0.1, -0.05) is 40.9 Å². The van der Waals surface area contributed by atoms with Gasteiger partial charge in [-0.3, -0.25) is 19.2 Å². The number of amides is 4. The maximum atomic E-state index is 14.7. The number of fused-ring (bicyclic) bond motifs is 4. The van der Waals surface area contributed by atoms with E-state index in [1.54, 1.807) is 31.2 Å². The first kappa shape index (κ1) is 32.2. The quantitative estimate of drug-likeness (QED) is 0.237. The van der Waals surface area contributed by atoms with Crippen LogP contribution in [0.4, 0.5) is 15.8 Å². The van der Waals surface area contributed by atoms with Gasteiger partial charge in [-0.05, 0) is 68.5 Å². The smallest absolute Gasteiger partial charge is 0.241 e. The highest BCUT2D eigenvalue weighted by molar-refractivity contribution is 6.32. The molecular weight excluding hydrogens is 662 g/mol. The Balaban J connectivity index is 1.41. The summed E-state index contributed by atoms with van der Waals surface area (Å²) in [6, 6.07) is 11.6. The van der Waals surface area contributed by atoms with E-state index in [9.17, 15) is 28.7 Å². The number of hydrogen-bond acceptors (Lipinski definition) is 7. The molecule has 2 aliphatic carbocycles. The Labute approximate surface area is 285 Å². The first-order valence-corrected chi connectivity index (χ1v) is 16.2. The van der Waals surface area contributed by atoms with Gasteiger partial charge >= 0.3 is 0 Å². The minimum absolute atomic E-state index is 0.0801. The number of hydrogen-bond donors (Lipinski definition) is 1. The van der Waals surface area contributed by atoms with E-state index >= 15 is 0 Å². The third-order valence-electron chi connectivity index (χ3n) is 10.7. The van der Waals surface area contributed by atoms with Gasteiger partial charge < -0.3 is 14.6 Å². The molecule has 3 aromatic carbocycles. The second-order valence-electron chi connectivity index (χ2n) is 13.0. The molecule has 6 unspecified atom stereocenters. The number of nitrogens with zero attached hydrogens (tertiary/aromatic N) is 2. The van der Waals surface area contributed by atoms with E-state index in [-0.39, 0.29) is 46.5 Å². The molecule has 4 amide bonds. The Kier molecular flexibility index (Phi) is 7.60. The maximum Gasteiger partial charge on any atom is 0.241 e. The summed E-state index contributed by atoms with van der Waals surface area (Å²) >= 11 is 12.5. The van der Waals surface area contributed by atoms with Crippen LogP contribution in [0.3, 0.4) is 0 Å². The molecule has 3 aromatic rings. The zero-order valence-corrected chi connectivity index (χ0v) is 27.9. The summed E-state index contributed by atoms with van der Waals surface area (Å²) < 4.78 is 25.3. The Morgan fingerprint density at radius 3 is 2.23 bits per heavy atom. The van der Waals surface area contributed by atoms with Crippen LogP contribution in [0.25, 0.3) is 0 Å². The molecule has 48 heavy (non-hydrogen) atoms. The molecule has 0 bridgehead atoms. The van der Waals surface area contributed by atoms with Crippen LogP contribution < -0.4 is 19.3 Å². The van der Waals surface area contributed by atoms with Crippen molar-refractivity contribution in [2.24, 2.45) is 29.1 Å². The fraction of sp³-hybridized carbons (Fsp3) is 0.333. The van der Waals surface area contributed by atoms with E-state index in [1.807, 2.05) is 13.0 Å². The third kappa shape index (κ3) is 4.41. The average Bonchev–Trinajstić information content (AvgIpc) is 3.43. The molecular formula is C36H31Cl2FN2O7. The fourth-order valence-electron chi connectivity index (χ4n) is 8.33. The van der Waals surface area contributed by atoms with Gasteiger partial charge in [-0.25, -0.2) is 14.2 Å². The Morgan fingerprint density at radius 1 is 0.875 bits per heavy atom. The van der Waals surface area contributed by atoms with Crippen molar-refractivity contribution in [3.63, 3.8) is 0 Å². The van der Waals surface area contributed by atoms with Gasteiger partial charge in [0.25, 0.3) is 0 Å². The summed E-state index contributed by atoms with van der Waals surface area (Å²) in [7, 11) is 2.85. The summed E-state index contributed by atoms with van der Waals surface area (Å²) in [5.74, 6) is -6.47. The van der Waals surface area contributed by atoms with Crippen LogP contribution in [0, 0.1) is 41.8 Å². The van der Waals surface area contributed by atoms with Crippen LogP contribution >= 0.6 is 23.2 Å². The molecule has 248 valence electrons. The molecule has 4 aliphatic rings. The van der Waals surface area contributed by atoms with Gasteiger partial charge in [-0.2, -0.15) is 0 Å². The first-order chi connectivity index (χ1) is 22.8. The molecule has 12 heteroatoms. The minimum atomic E-state index is -1.48. The van der Waals surface area contributed by atoms with Gasteiger partial charge in [0.15, 0.2) is 0 Å². The Morgan fingerprint density at radius 2 is 1.56 bits per heavy atom. The summed E-state index contributed by atoms with van der Waals surface area (Å²) in [5.41, 5.74) is 0.663. The number of ether oxygens (including phenoxy) is 2. The second kappa shape index (κ2) is 11.3. The number of carbonyl (C=O) groups excluding carboxylic acids is 4. The number of phenolic OH excluding ortho intramolecular Hbond substituents is 1. The van der Waals surface area contributed by atoms with E-state index in [2.05, 4.69) is 0 Å². The number of anilines is 2. The predicted octanol–water partition coefficient (Wildman–Crippen LogP) is 6.60. The predicted molar refractivity (Wildman–Crippen MR) is 176 cm³/mol. The van der Waals surface area contributed by atoms with E-state index in [0.717, 1.165) is 16.5 Å². The number of aromatic hydroxyl groups is 1. The number of methoxy groups -OCH3 is 2. The number of imide groups is 2. The molecule has 2 aliphatic heterocycles. The first-order valence-electron chi connectivity index (χ1n) is 15.5. The number of benzene rings is 3. The number of allylic oxidation sites excluding steroid dienone is 2. The molecule has 2 heterocycles. The van der Waals surface area contributed by atoms with Crippen molar-refractivity contribution < 1.29 is 38.1 Å². The van der Waals surface area contributed by atoms with Crippen LogP contribution in [0.2, 0.25) is 10.0 Å². The highest BCUT2D eigenvalue weighted by atomic mass is 35.5. The number of aryl methyl sites for hydroxylation is 1. The van der Waals surface area contributed by atoms with Crippen molar-refractivity contribution in [1.82, 2.24) is 0 Å². The standard InChI is InChI=1S/C36H31Cl2FN2O7/c1-16-5-6-17(11-24(16)37)40-32(43)21-9-8-20-22(29(21)34(40)45)15-23-33(44)41(18-7-10-26(39)25(38)12-18)35(46)36(23,2)31(20)30-27(42)13-19(47-3)14-28(30)48-4/h5-8,10-14,21-23,29,31,42H,9,15H2,1-4H3. The summed E-state index contributed by atoms with van der Waals surface area (Å²) in [4.78, 5) is 59.4. The van der Waals surface area contributed by atoms with Crippen LogP contribution in [-0.2, 0) is 19.2 Å². The average molecular weight is 694 g/mol. The van der Waals surface area contributed by atoms with E-state index in [4.69, 9.17) is 32.7 Å². The van der Waals surface area contributed by atoms with Crippen molar-refractivity contribution in [1.29, 1.82) is 0 Å². The van der Waals surface area contributed by atoms with Crippen LogP contribution in [0.5, 0.6) is 17.2 Å². The van der Waals surface area contributed by atoms with Gasteiger partial charge in [0, 0.05) is 28.6 Å². The lowest BCUT2D eigenvalue weighted by Crippen LogP contribution is -2.49. The molecule has 1 saturated carbocycles. The highest BCUT2D eigenvalue weighted by Gasteiger charge is 2.68. The molecule has 2 saturated heterocycles. The molecule has 0 spiro atoms. The van der Waals surface area contributed by atoms with E-state index in [0.29, 0.717) is 22.0 Å². The summed E-state index contributed by atoms with van der Waals surface area (Å²) in [6.07, 6.45) is 2.15. The topological polar surface area (TPSA) is 113 Å². The van der Waals surface area contributed by atoms with Crippen LogP contribution in [0.15, 0.2) is 60.2 Å². The number of rotatable bonds is 5. The number of halogens is 3. The van der Waals surface area contributed by atoms with Gasteiger partial charge in [0.2, 0.25) is 23.6 Å². The van der Waals surface area contributed by atoms with Crippen molar-refractivity contribution in [3.05, 3.63) is 87.2 Å². The monoisotopic (exact) mass is 692 g/mol. The molecule has 0 radical (unpaired) electrons. The Bertz CT molecular complexity index is 1980. The lowest BCUT2D eigenvalue weighted by atomic mass is 9.51. The normalized spacial score (nSPS) is 27.9. The van der Waals surface area contributed by atoms with Gasteiger partial charge in [-0.15, -0.1) is 0 Å². The maximum absolute atomic E-state index is 14.7.